The Morgan fingerprint density at radius 2 is 2.13 bits per heavy atom. The van der Waals surface area contributed by atoms with Gasteiger partial charge in [0, 0.05) is 23.7 Å². The highest BCUT2D eigenvalue weighted by Gasteiger charge is 2.06. The fourth-order valence-electron chi connectivity index (χ4n) is 1.29. The van der Waals surface area contributed by atoms with Crippen LogP contribution in [0.15, 0.2) is 30.6 Å². The van der Waals surface area contributed by atoms with Crippen LogP contribution in [-0.4, -0.2) is 26.3 Å². The Balaban J connectivity index is 2.24. The molecule has 0 aliphatic rings. The van der Waals surface area contributed by atoms with Gasteiger partial charge in [-0.2, -0.15) is 5.10 Å². The average Bonchev–Trinajstić information content (AvgIpc) is 2.67. The molecule has 0 saturated heterocycles. The Morgan fingerprint density at radius 1 is 1.40 bits per heavy atom. The minimum atomic E-state index is -0.875. The van der Waals surface area contributed by atoms with E-state index in [2.05, 4.69) is 15.2 Å². The molecule has 0 aliphatic heterocycles. The second-order valence-corrected chi connectivity index (χ2v) is 3.08. The van der Waals surface area contributed by atoms with Gasteiger partial charge < -0.3 is 5.11 Å². The molecule has 2 heterocycles. The highest BCUT2D eigenvalue weighted by atomic mass is 16.4. The number of nitrogens with zero attached hydrogens (tertiary/aromatic N) is 2. The Bertz CT molecular complexity index is 465. The minimum absolute atomic E-state index is 0.0436. The van der Waals surface area contributed by atoms with E-state index < -0.39 is 5.97 Å². The number of H-pyrrole nitrogens is 1. The summed E-state index contributed by atoms with van der Waals surface area (Å²) in [6.45, 7) is 0. The van der Waals surface area contributed by atoms with Gasteiger partial charge in [0.1, 0.15) is 0 Å². The van der Waals surface area contributed by atoms with Crippen LogP contribution in [-0.2, 0) is 11.2 Å². The fourth-order valence-corrected chi connectivity index (χ4v) is 1.29. The van der Waals surface area contributed by atoms with Gasteiger partial charge in [0.05, 0.1) is 12.1 Å². The summed E-state index contributed by atoms with van der Waals surface area (Å²) < 4.78 is 0. The van der Waals surface area contributed by atoms with Gasteiger partial charge in [-0.1, -0.05) is 0 Å². The SMILES string of the molecule is O=C(O)Cc1cc(-c2ccncc2)n[nH]1. The van der Waals surface area contributed by atoms with E-state index in [1.165, 1.54) is 0 Å². The van der Waals surface area contributed by atoms with Crippen molar-refractivity contribution in [2.45, 2.75) is 6.42 Å². The molecule has 76 valence electrons. The second kappa shape index (κ2) is 3.91. The van der Waals surface area contributed by atoms with Crippen LogP contribution in [0.25, 0.3) is 11.3 Å². The third-order valence-corrected chi connectivity index (χ3v) is 1.95. The maximum atomic E-state index is 10.5. The van der Waals surface area contributed by atoms with Crippen LogP contribution < -0.4 is 0 Å². The quantitative estimate of drug-likeness (QED) is 0.782. The summed E-state index contributed by atoms with van der Waals surface area (Å²) in [7, 11) is 0. The van der Waals surface area contributed by atoms with Crippen LogP contribution in [0.3, 0.4) is 0 Å². The van der Waals surface area contributed by atoms with Crippen LogP contribution >= 0.6 is 0 Å². The van der Waals surface area contributed by atoms with Crippen LogP contribution in [0.2, 0.25) is 0 Å². The summed E-state index contributed by atoms with van der Waals surface area (Å²) >= 11 is 0. The number of aliphatic carboxylic acids is 1. The molecule has 0 amide bonds. The zero-order chi connectivity index (χ0) is 10.7. The molecule has 0 bridgehead atoms. The van der Waals surface area contributed by atoms with Crippen LogP contribution in [0.4, 0.5) is 0 Å². The van der Waals surface area contributed by atoms with Crippen molar-refractivity contribution < 1.29 is 9.90 Å². The van der Waals surface area contributed by atoms with Gasteiger partial charge in [0.25, 0.3) is 0 Å². The predicted octanol–water partition coefficient (Wildman–Crippen LogP) is 1.10. The van der Waals surface area contributed by atoms with Gasteiger partial charge in [-0.25, -0.2) is 0 Å². The molecule has 0 unspecified atom stereocenters. The van der Waals surface area contributed by atoms with E-state index in [-0.39, 0.29) is 6.42 Å². The largest absolute Gasteiger partial charge is 0.481 e. The smallest absolute Gasteiger partial charge is 0.309 e. The van der Waals surface area contributed by atoms with Crippen molar-refractivity contribution in [1.82, 2.24) is 15.2 Å². The first kappa shape index (κ1) is 9.39. The zero-order valence-corrected chi connectivity index (χ0v) is 7.84. The van der Waals surface area contributed by atoms with Crippen LogP contribution in [0, 0.1) is 0 Å². The molecule has 5 heteroatoms. The molecule has 0 saturated carbocycles. The maximum Gasteiger partial charge on any atom is 0.309 e. The van der Waals surface area contributed by atoms with Gasteiger partial charge in [-0.05, 0) is 18.2 Å². The van der Waals surface area contributed by atoms with Crippen LogP contribution in [0.5, 0.6) is 0 Å². The molecule has 0 aliphatic carbocycles. The van der Waals surface area contributed by atoms with E-state index >= 15 is 0 Å². The van der Waals surface area contributed by atoms with E-state index in [4.69, 9.17) is 5.11 Å². The molecule has 2 aromatic heterocycles. The van der Waals surface area contributed by atoms with E-state index in [1.807, 2.05) is 12.1 Å². The summed E-state index contributed by atoms with van der Waals surface area (Å²) in [5, 5.41) is 15.3. The first-order valence-electron chi connectivity index (χ1n) is 4.42. The van der Waals surface area contributed by atoms with Crippen molar-refractivity contribution in [2.24, 2.45) is 0 Å². The summed E-state index contributed by atoms with van der Waals surface area (Å²) in [4.78, 5) is 14.4. The number of carboxylic acids is 1. The molecule has 5 nitrogen and oxygen atoms in total. The Hall–Kier alpha value is -2.17. The number of hydrogen-bond donors (Lipinski definition) is 2. The molecule has 0 fully saturated rings. The Morgan fingerprint density at radius 3 is 2.80 bits per heavy atom. The number of pyridine rings is 1. The fraction of sp³-hybridized carbons (Fsp3) is 0.100. The number of nitrogens with one attached hydrogen (secondary N) is 1. The minimum Gasteiger partial charge on any atom is -0.481 e. The van der Waals surface area contributed by atoms with Gasteiger partial charge >= 0.3 is 5.97 Å². The van der Waals surface area contributed by atoms with Gasteiger partial charge in [0.2, 0.25) is 0 Å². The van der Waals surface area contributed by atoms with E-state index in [9.17, 15) is 4.79 Å². The number of rotatable bonds is 3. The Labute approximate surface area is 85.8 Å². The zero-order valence-electron chi connectivity index (χ0n) is 7.84. The first-order chi connectivity index (χ1) is 7.25. The number of aromatic nitrogens is 3. The maximum absolute atomic E-state index is 10.5. The predicted molar refractivity (Wildman–Crippen MR) is 53.2 cm³/mol. The molecule has 2 N–H and O–H groups in total. The lowest BCUT2D eigenvalue weighted by Crippen LogP contribution is -1.99. The number of carbonyl (C=O) groups is 1. The number of carboxylic acid groups (broad SMARTS) is 1. The molecule has 2 rings (SSSR count). The van der Waals surface area contributed by atoms with Gasteiger partial charge in [-0.3, -0.25) is 14.9 Å². The third-order valence-electron chi connectivity index (χ3n) is 1.95. The molecular weight excluding hydrogens is 194 g/mol. The average molecular weight is 203 g/mol. The molecule has 0 radical (unpaired) electrons. The van der Waals surface area contributed by atoms with Crippen molar-refractivity contribution >= 4 is 5.97 Å². The first-order valence-corrected chi connectivity index (χ1v) is 4.42. The van der Waals surface area contributed by atoms with Crippen molar-refractivity contribution in [1.29, 1.82) is 0 Å². The number of hydrogen-bond acceptors (Lipinski definition) is 3. The standard InChI is InChI=1S/C10H9N3O2/c14-10(15)6-8-5-9(13-12-8)7-1-3-11-4-2-7/h1-5H,6H2,(H,12,13)(H,14,15). The van der Waals surface area contributed by atoms with E-state index in [0.717, 1.165) is 11.3 Å². The normalized spacial score (nSPS) is 10.1. The summed E-state index contributed by atoms with van der Waals surface area (Å²) in [6, 6.07) is 5.37. The second-order valence-electron chi connectivity index (χ2n) is 3.08. The van der Waals surface area contributed by atoms with Crippen molar-refractivity contribution in [3.8, 4) is 11.3 Å². The van der Waals surface area contributed by atoms with Crippen molar-refractivity contribution in [2.75, 3.05) is 0 Å². The highest BCUT2D eigenvalue weighted by molar-refractivity contribution is 5.70. The van der Waals surface area contributed by atoms with E-state index in [0.29, 0.717) is 5.69 Å². The molecule has 0 aromatic carbocycles. The van der Waals surface area contributed by atoms with Crippen LogP contribution in [0.1, 0.15) is 5.69 Å². The molecule has 0 spiro atoms. The molecule has 0 atom stereocenters. The Kier molecular flexibility index (Phi) is 2.45. The lowest BCUT2D eigenvalue weighted by atomic mass is 10.2. The van der Waals surface area contributed by atoms with Gasteiger partial charge in [0.15, 0.2) is 0 Å². The summed E-state index contributed by atoms with van der Waals surface area (Å²) in [6.07, 6.45) is 3.29. The monoisotopic (exact) mass is 203 g/mol. The topological polar surface area (TPSA) is 78.9 Å². The highest BCUT2D eigenvalue weighted by Crippen LogP contribution is 2.16. The third kappa shape index (κ3) is 2.19. The van der Waals surface area contributed by atoms with Crippen molar-refractivity contribution in [3.63, 3.8) is 0 Å². The lowest BCUT2D eigenvalue weighted by molar-refractivity contribution is -0.136. The molecular formula is C10H9N3O2. The molecule has 2 aromatic rings. The number of aromatic amines is 1. The summed E-state index contributed by atoms with van der Waals surface area (Å²) in [5.41, 5.74) is 2.24. The summed E-state index contributed by atoms with van der Waals surface area (Å²) in [5.74, 6) is -0.875. The van der Waals surface area contributed by atoms with E-state index in [1.54, 1.807) is 18.5 Å². The van der Waals surface area contributed by atoms with Gasteiger partial charge in [-0.15, -0.1) is 0 Å². The molecule has 15 heavy (non-hydrogen) atoms. The lowest BCUT2D eigenvalue weighted by Gasteiger charge is -1.92. The van der Waals surface area contributed by atoms with Crippen molar-refractivity contribution in [3.05, 3.63) is 36.3 Å².